The van der Waals surface area contributed by atoms with Crippen LogP contribution in [-0.2, 0) is 5.54 Å². The Morgan fingerprint density at radius 3 is 2.11 bits per heavy atom. The van der Waals surface area contributed by atoms with Gasteiger partial charge < -0.3 is 5.73 Å². The van der Waals surface area contributed by atoms with Crippen molar-refractivity contribution in [3.63, 3.8) is 0 Å². The second-order valence-corrected chi connectivity index (χ2v) is 5.17. The molecule has 1 nitrogen and oxygen atoms in total. The molecule has 6 heteroatoms. The van der Waals surface area contributed by atoms with Crippen LogP contribution in [0.25, 0.3) is 0 Å². The molecule has 0 saturated heterocycles. The number of benzene rings is 1. The first-order valence-electron chi connectivity index (χ1n) is 5.55. The van der Waals surface area contributed by atoms with Crippen LogP contribution in [0.1, 0.15) is 31.2 Å². The van der Waals surface area contributed by atoms with Crippen LogP contribution < -0.4 is 5.73 Å². The summed E-state index contributed by atoms with van der Waals surface area (Å²) in [6.45, 7) is 0. The van der Waals surface area contributed by atoms with E-state index < -0.39 is 35.9 Å². The quantitative estimate of drug-likeness (QED) is 0.611. The third-order valence-electron chi connectivity index (χ3n) is 3.42. The fraction of sp³-hybridized carbons (Fsp3) is 0.500. The number of alkyl halides is 2. The van der Waals surface area contributed by atoms with Crippen molar-refractivity contribution in [2.24, 2.45) is 5.73 Å². The van der Waals surface area contributed by atoms with Crippen molar-refractivity contribution in [3.05, 3.63) is 34.4 Å². The van der Waals surface area contributed by atoms with Gasteiger partial charge in [0.2, 0.25) is 5.92 Å². The van der Waals surface area contributed by atoms with Gasteiger partial charge in [0, 0.05) is 23.9 Å². The maximum Gasteiger partial charge on any atom is 0.248 e. The maximum atomic E-state index is 13.7. The number of rotatable bonds is 1. The molecule has 0 bridgehead atoms. The molecule has 0 aliphatic heterocycles. The predicted octanol–water partition coefficient (Wildman–Crippen LogP) is 3.98. The van der Waals surface area contributed by atoms with E-state index in [1.165, 1.54) is 0 Å². The van der Waals surface area contributed by atoms with Gasteiger partial charge in [-0.25, -0.2) is 17.6 Å². The molecular formula is C12H12ClF4N. The van der Waals surface area contributed by atoms with E-state index in [-0.39, 0.29) is 23.4 Å². The molecule has 18 heavy (non-hydrogen) atoms. The Kier molecular flexibility index (Phi) is 3.32. The third-order valence-corrected chi connectivity index (χ3v) is 3.71. The topological polar surface area (TPSA) is 26.0 Å². The Morgan fingerprint density at radius 1 is 1.00 bits per heavy atom. The molecule has 0 unspecified atom stereocenters. The molecule has 0 amide bonds. The maximum absolute atomic E-state index is 13.7. The van der Waals surface area contributed by atoms with Crippen LogP contribution in [0.5, 0.6) is 0 Å². The van der Waals surface area contributed by atoms with Crippen LogP contribution in [0.3, 0.4) is 0 Å². The van der Waals surface area contributed by atoms with E-state index in [0.29, 0.717) is 0 Å². The Morgan fingerprint density at radius 2 is 1.56 bits per heavy atom. The van der Waals surface area contributed by atoms with Gasteiger partial charge in [-0.05, 0) is 25.0 Å². The van der Waals surface area contributed by atoms with Crippen LogP contribution in [0.2, 0.25) is 5.02 Å². The Bertz CT molecular complexity index is 465. The van der Waals surface area contributed by atoms with Gasteiger partial charge in [0.15, 0.2) is 0 Å². The largest absolute Gasteiger partial charge is 0.321 e. The molecule has 1 aromatic carbocycles. The SMILES string of the molecule is NC1(c2cc(F)c(Cl)cc2F)CCC(F)(F)CC1. The van der Waals surface area contributed by atoms with Gasteiger partial charge in [0.05, 0.1) is 5.02 Å². The second kappa shape index (κ2) is 4.38. The highest BCUT2D eigenvalue weighted by atomic mass is 35.5. The summed E-state index contributed by atoms with van der Waals surface area (Å²) in [5.41, 5.74) is 4.60. The molecule has 1 aromatic rings. The smallest absolute Gasteiger partial charge is 0.248 e. The number of nitrogens with two attached hydrogens (primary N) is 1. The Balaban J connectivity index is 2.34. The number of halogens is 5. The minimum absolute atomic E-state index is 0.0834. The standard InChI is InChI=1S/C12H12ClF4N/c13-8-6-9(14)7(5-10(8)15)11(18)1-3-12(16,17)4-2-11/h5-6H,1-4,18H2. The van der Waals surface area contributed by atoms with Gasteiger partial charge in [-0.2, -0.15) is 0 Å². The van der Waals surface area contributed by atoms with Crippen molar-refractivity contribution >= 4 is 11.6 Å². The summed E-state index contributed by atoms with van der Waals surface area (Å²) in [7, 11) is 0. The fourth-order valence-electron chi connectivity index (χ4n) is 2.24. The van der Waals surface area contributed by atoms with Crippen LogP contribution in [0.4, 0.5) is 17.6 Å². The lowest BCUT2D eigenvalue weighted by atomic mass is 9.76. The zero-order chi connectivity index (χ0) is 13.6. The van der Waals surface area contributed by atoms with Crippen molar-refractivity contribution in [1.29, 1.82) is 0 Å². The van der Waals surface area contributed by atoms with E-state index in [1.54, 1.807) is 0 Å². The van der Waals surface area contributed by atoms with Crippen molar-refractivity contribution in [2.45, 2.75) is 37.1 Å². The normalized spacial score (nSPS) is 21.9. The first-order valence-corrected chi connectivity index (χ1v) is 5.93. The zero-order valence-electron chi connectivity index (χ0n) is 9.45. The van der Waals surface area contributed by atoms with E-state index in [1.807, 2.05) is 0 Å². The molecule has 1 saturated carbocycles. The highest BCUT2D eigenvalue weighted by Crippen LogP contribution is 2.43. The lowest BCUT2D eigenvalue weighted by Gasteiger charge is -2.37. The fourth-order valence-corrected chi connectivity index (χ4v) is 2.39. The summed E-state index contributed by atoms with van der Waals surface area (Å²) in [5, 5.41) is -0.346. The minimum atomic E-state index is -2.77. The van der Waals surface area contributed by atoms with E-state index in [9.17, 15) is 17.6 Å². The summed E-state index contributed by atoms with van der Waals surface area (Å²) >= 11 is 5.44. The molecule has 0 spiro atoms. The van der Waals surface area contributed by atoms with Gasteiger partial charge in [0.1, 0.15) is 11.6 Å². The number of hydrogen-bond donors (Lipinski definition) is 1. The predicted molar refractivity (Wildman–Crippen MR) is 60.6 cm³/mol. The summed E-state index contributed by atoms with van der Waals surface area (Å²) in [5.74, 6) is -4.33. The average Bonchev–Trinajstić information content (AvgIpc) is 2.28. The minimum Gasteiger partial charge on any atom is -0.321 e. The first-order chi connectivity index (χ1) is 8.23. The molecule has 1 aliphatic rings. The summed E-state index contributed by atoms with van der Waals surface area (Å²) < 4.78 is 53.2. The molecule has 2 N–H and O–H groups in total. The molecule has 100 valence electrons. The van der Waals surface area contributed by atoms with Crippen molar-refractivity contribution < 1.29 is 17.6 Å². The lowest BCUT2D eigenvalue weighted by Crippen LogP contribution is -2.44. The summed E-state index contributed by atoms with van der Waals surface area (Å²) in [6.07, 6.45) is -1.02. The highest BCUT2D eigenvalue weighted by molar-refractivity contribution is 6.30. The highest BCUT2D eigenvalue weighted by Gasteiger charge is 2.43. The second-order valence-electron chi connectivity index (χ2n) is 4.76. The Hall–Kier alpha value is -0.810. The van der Waals surface area contributed by atoms with E-state index in [0.717, 1.165) is 12.1 Å². The molecule has 1 aliphatic carbocycles. The van der Waals surface area contributed by atoms with Gasteiger partial charge in [-0.3, -0.25) is 0 Å². The summed E-state index contributed by atoms with van der Waals surface area (Å²) in [4.78, 5) is 0. The molecule has 0 aromatic heterocycles. The van der Waals surface area contributed by atoms with Crippen LogP contribution in [-0.4, -0.2) is 5.92 Å². The van der Waals surface area contributed by atoms with Gasteiger partial charge in [-0.15, -0.1) is 0 Å². The van der Waals surface area contributed by atoms with Gasteiger partial charge in [-0.1, -0.05) is 11.6 Å². The summed E-state index contributed by atoms with van der Waals surface area (Å²) in [6, 6.07) is 1.73. The van der Waals surface area contributed by atoms with Crippen LogP contribution in [0.15, 0.2) is 12.1 Å². The average molecular weight is 282 g/mol. The Labute approximate surface area is 107 Å². The third kappa shape index (κ3) is 2.47. The molecular weight excluding hydrogens is 270 g/mol. The van der Waals surface area contributed by atoms with Crippen molar-refractivity contribution in [1.82, 2.24) is 0 Å². The van der Waals surface area contributed by atoms with Crippen molar-refractivity contribution in [3.8, 4) is 0 Å². The lowest BCUT2D eigenvalue weighted by molar-refractivity contribution is -0.0518. The molecule has 0 heterocycles. The molecule has 1 fully saturated rings. The number of hydrogen-bond acceptors (Lipinski definition) is 1. The monoisotopic (exact) mass is 281 g/mol. The van der Waals surface area contributed by atoms with E-state index in [4.69, 9.17) is 17.3 Å². The molecule has 0 radical (unpaired) electrons. The van der Waals surface area contributed by atoms with Gasteiger partial charge in [0.25, 0.3) is 0 Å². The van der Waals surface area contributed by atoms with Crippen molar-refractivity contribution in [2.75, 3.05) is 0 Å². The van der Waals surface area contributed by atoms with Gasteiger partial charge >= 0.3 is 0 Å². The molecule has 2 rings (SSSR count). The van der Waals surface area contributed by atoms with E-state index >= 15 is 0 Å². The molecule has 0 atom stereocenters. The van der Waals surface area contributed by atoms with Crippen LogP contribution >= 0.6 is 11.6 Å². The van der Waals surface area contributed by atoms with Crippen LogP contribution in [0, 0.1) is 11.6 Å². The zero-order valence-corrected chi connectivity index (χ0v) is 10.2. The van der Waals surface area contributed by atoms with E-state index in [2.05, 4.69) is 0 Å². The first kappa shape index (κ1) is 13.6.